The van der Waals surface area contributed by atoms with E-state index in [-0.39, 0.29) is 36.9 Å². The summed E-state index contributed by atoms with van der Waals surface area (Å²) in [6.45, 7) is 5.21. The van der Waals surface area contributed by atoms with Gasteiger partial charge in [-0.15, -0.1) is 0 Å². The standard InChI is InChI=1S/C42H44N2O9/c1-42(2,3)53-40(48)43-24-12-11-19-36(44-41(49)52-26-35-33-17-9-7-15-31(33)32-16-8-10-18-34(32)35)39(47)50-25-28-20-22-30(23-21-28)38(46)51-27-37(45)29-13-5-4-6-14-29/h4-10,13-18,20-23,35-36H,11-12,19,24-27H2,1-3H3,(H,43,48)(H,44,49)/t36-/m0/s1. The molecule has 276 valence electrons. The molecule has 0 heterocycles. The van der Waals surface area contributed by atoms with Crippen LogP contribution in [0, 0.1) is 0 Å². The van der Waals surface area contributed by atoms with Crippen molar-refractivity contribution < 1.29 is 42.9 Å². The number of esters is 2. The van der Waals surface area contributed by atoms with E-state index in [1.165, 1.54) is 12.1 Å². The Balaban J connectivity index is 1.15. The van der Waals surface area contributed by atoms with E-state index in [1.807, 2.05) is 48.5 Å². The van der Waals surface area contributed by atoms with Gasteiger partial charge in [-0.3, -0.25) is 4.79 Å². The van der Waals surface area contributed by atoms with Gasteiger partial charge >= 0.3 is 24.1 Å². The van der Waals surface area contributed by atoms with Crippen LogP contribution in [0.3, 0.4) is 0 Å². The lowest BCUT2D eigenvalue weighted by Crippen LogP contribution is -2.42. The Morgan fingerprint density at radius 1 is 0.679 bits per heavy atom. The second-order valence-corrected chi connectivity index (χ2v) is 13.6. The van der Waals surface area contributed by atoms with Crippen LogP contribution in [0.25, 0.3) is 11.1 Å². The summed E-state index contributed by atoms with van der Waals surface area (Å²) in [5, 5.41) is 5.37. The fraction of sp³-hybridized carbons (Fsp3) is 0.310. The second kappa shape index (κ2) is 18.0. The number of carbonyl (C=O) groups is 5. The van der Waals surface area contributed by atoms with E-state index in [4.69, 9.17) is 18.9 Å². The number of fused-ring (bicyclic) bond motifs is 3. The highest BCUT2D eigenvalue weighted by Gasteiger charge is 2.30. The molecular formula is C42H44N2O9. The largest absolute Gasteiger partial charge is 0.459 e. The Bertz CT molecular complexity index is 1860. The number of amides is 2. The monoisotopic (exact) mass is 720 g/mol. The molecule has 0 fully saturated rings. The lowest BCUT2D eigenvalue weighted by Gasteiger charge is -2.20. The Hall–Kier alpha value is -5.97. The average molecular weight is 721 g/mol. The summed E-state index contributed by atoms with van der Waals surface area (Å²) >= 11 is 0. The van der Waals surface area contributed by atoms with Crippen molar-refractivity contribution >= 4 is 29.9 Å². The number of benzene rings is 4. The molecule has 0 aliphatic heterocycles. The number of ketones is 1. The van der Waals surface area contributed by atoms with Gasteiger partial charge in [0.15, 0.2) is 12.4 Å². The molecular weight excluding hydrogens is 676 g/mol. The summed E-state index contributed by atoms with van der Waals surface area (Å²) in [5.41, 5.74) is 4.97. The van der Waals surface area contributed by atoms with Crippen molar-refractivity contribution in [3.63, 3.8) is 0 Å². The quantitative estimate of drug-likeness (QED) is 0.0556. The SMILES string of the molecule is CC(C)(C)OC(=O)NCCCC[C@H](NC(=O)OCC1c2ccccc2-c2ccccc21)C(=O)OCc1ccc(C(=O)OCC(=O)c2ccccc2)cc1. The zero-order valence-electron chi connectivity index (χ0n) is 30.1. The van der Waals surface area contributed by atoms with Crippen molar-refractivity contribution in [3.05, 3.63) is 131 Å². The number of rotatable bonds is 15. The van der Waals surface area contributed by atoms with Crippen molar-refractivity contribution in [1.82, 2.24) is 10.6 Å². The van der Waals surface area contributed by atoms with Gasteiger partial charge in [0.1, 0.15) is 24.9 Å². The molecule has 1 aliphatic rings. The molecule has 1 atom stereocenters. The molecule has 0 saturated carbocycles. The first-order chi connectivity index (χ1) is 25.5. The first-order valence-electron chi connectivity index (χ1n) is 17.6. The minimum Gasteiger partial charge on any atom is -0.459 e. The number of carbonyl (C=O) groups excluding carboxylic acids is 5. The maximum absolute atomic E-state index is 13.3. The molecule has 4 aromatic carbocycles. The van der Waals surface area contributed by atoms with Gasteiger partial charge in [0.05, 0.1) is 5.56 Å². The molecule has 5 rings (SSSR count). The number of Topliss-reactive ketones (excluding diaryl/α,β-unsaturated/α-hetero) is 1. The second-order valence-electron chi connectivity index (χ2n) is 13.6. The molecule has 0 saturated heterocycles. The van der Waals surface area contributed by atoms with Crippen LogP contribution >= 0.6 is 0 Å². The third kappa shape index (κ3) is 11.0. The maximum atomic E-state index is 13.3. The van der Waals surface area contributed by atoms with E-state index in [2.05, 4.69) is 10.6 Å². The zero-order chi connectivity index (χ0) is 37.8. The maximum Gasteiger partial charge on any atom is 0.407 e. The number of hydrogen-bond acceptors (Lipinski definition) is 9. The van der Waals surface area contributed by atoms with Crippen LogP contribution < -0.4 is 10.6 Å². The van der Waals surface area contributed by atoms with Gasteiger partial charge in [-0.2, -0.15) is 0 Å². The van der Waals surface area contributed by atoms with Gasteiger partial charge in [-0.05, 0) is 80.0 Å². The van der Waals surface area contributed by atoms with Crippen LogP contribution in [0.5, 0.6) is 0 Å². The molecule has 2 amide bonds. The van der Waals surface area contributed by atoms with Crippen molar-refractivity contribution in [3.8, 4) is 11.1 Å². The number of unbranched alkanes of at least 4 members (excludes halogenated alkanes) is 1. The molecule has 4 aromatic rings. The van der Waals surface area contributed by atoms with Crippen LogP contribution in [-0.4, -0.2) is 61.3 Å². The fourth-order valence-electron chi connectivity index (χ4n) is 5.92. The van der Waals surface area contributed by atoms with Crippen LogP contribution in [0.1, 0.15) is 83.4 Å². The van der Waals surface area contributed by atoms with Gasteiger partial charge in [-0.25, -0.2) is 19.2 Å². The molecule has 53 heavy (non-hydrogen) atoms. The predicted molar refractivity (Wildman–Crippen MR) is 197 cm³/mol. The van der Waals surface area contributed by atoms with E-state index >= 15 is 0 Å². The molecule has 0 bridgehead atoms. The van der Waals surface area contributed by atoms with Gasteiger partial charge in [0.25, 0.3) is 0 Å². The first kappa shape index (κ1) is 38.3. The van der Waals surface area contributed by atoms with Crippen LogP contribution in [0.15, 0.2) is 103 Å². The van der Waals surface area contributed by atoms with E-state index in [1.54, 1.807) is 63.2 Å². The topological polar surface area (TPSA) is 146 Å². The van der Waals surface area contributed by atoms with Gasteiger partial charge in [0, 0.05) is 18.0 Å². The third-order valence-corrected chi connectivity index (χ3v) is 8.51. The first-order valence-corrected chi connectivity index (χ1v) is 17.6. The summed E-state index contributed by atoms with van der Waals surface area (Å²) in [7, 11) is 0. The predicted octanol–water partition coefficient (Wildman–Crippen LogP) is 7.37. The van der Waals surface area contributed by atoms with E-state index in [0.29, 0.717) is 30.5 Å². The summed E-state index contributed by atoms with van der Waals surface area (Å²) in [6, 6.07) is 29.8. The summed E-state index contributed by atoms with van der Waals surface area (Å²) in [6.07, 6.45) is -0.0717. The number of ether oxygens (including phenoxy) is 4. The van der Waals surface area contributed by atoms with Gasteiger partial charge < -0.3 is 29.6 Å². The third-order valence-electron chi connectivity index (χ3n) is 8.51. The van der Waals surface area contributed by atoms with E-state index in [0.717, 1.165) is 22.3 Å². The van der Waals surface area contributed by atoms with Gasteiger partial charge in [-0.1, -0.05) is 91.0 Å². The smallest absolute Gasteiger partial charge is 0.407 e. The molecule has 0 aromatic heterocycles. The molecule has 0 radical (unpaired) electrons. The van der Waals surface area contributed by atoms with E-state index < -0.39 is 42.4 Å². The summed E-state index contributed by atoms with van der Waals surface area (Å²) < 4.78 is 21.7. The lowest BCUT2D eigenvalue weighted by molar-refractivity contribution is -0.147. The molecule has 11 heteroatoms. The van der Waals surface area contributed by atoms with Crippen LogP contribution in [0.4, 0.5) is 9.59 Å². The van der Waals surface area contributed by atoms with Crippen molar-refractivity contribution in [2.75, 3.05) is 19.8 Å². The fourth-order valence-corrected chi connectivity index (χ4v) is 5.92. The van der Waals surface area contributed by atoms with Crippen molar-refractivity contribution in [1.29, 1.82) is 0 Å². The number of alkyl carbamates (subject to hydrolysis) is 2. The van der Waals surface area contributed by atoms with Gasteiger partial charge in [0.2, 0.25) is 0 Å². The number of nitrogens with one attached hydrogen (secondary N) is 2. The molecule has 2 N–H and O–H groups in total. The minimum absolute atomic E-state index is 0.0800. The number of hydrogen-bond donors (Lipinski definition) is 2. The van der Waals surface area contributed by atoms with Crippen molar-refractivity contribution in [2.24, 2.45) is 0 Å². The highest BCUT2D eigenvalue weighted by molar-refractivity contribution is 5.99. The Morgan fingerprint density at radius 2 is 1.30 bits per heavy atom. The highest BCUT2D eigenvalue weighted by atomic mass is 16.6. The molecule has 1 aliphatic carbocycles. The van der Waals surface area contributed by atoms with E-state index in [9.17, 15) is 24.0 Å². The van der Waals surface area contributed by atoms with Crippen LogP contribution in [0.2, 0.25) is 0 Å². The Morgan fingerprint density at radius 3 is 1.94 bits per heavy atom. The lowest BCUT2D eigenvalue weighted by atomic mass is 9.98. The average Bonchev–Trinajstić information content (AvgIpc) is 3.47. The summed E-state index contributed by atoms with van der Waals surface area (Å²) in [4.78, 5) is 63.3. The van der Waals surface area contributed by atoms with Crippen LogP contribution in [-0.2, 0) is 30.3 Å². The van der Waals surface area contributed by atoms with Crippen molar-refractivity contribution in [2.45, 2.75) is 64.2 Å². The highest BCUT2D eigenvalue weighted by Crippen LogP contribution is 2.44. The minimum atomic E-state index is -1.02. The Labute approximate surface area is 309 Å². The summed E-state index contributed by atoms with van der Waals surface area (Å²) in [5.74, 6) is -1.79. The molecule has 0 spiro atoms. The Kier molecular flexibility index (Phi) is 13.0. The molecule has 0 unspecified atom stereocenters. The zero-order valence-corrected chi connectivity index (χ0v) is 30.1. The molecule has 11 nitrogen and oxygen atoms in total. The normalized spacial score (nSPS) is 12.4.